The van der Waals surface area contributed by atoms with Crippen molar-refractivity contribution in [2.24, 2.45) is 5.92 Å². The summed E-state index contributed by atoms with van der Waals surface area (Å²) in [6, 6.07) is 0. The van der Waals surface area contributed by atoms with Crippen LogP contribution in [0.1, 0.15) is 44.3 Å². The quantitative estimate of drug-likeness (QED) is 0.734. The van der Waals surface area contributed by atoms with E-state index >= 15 is 0 Å². The standard InChI is InChI=1S/C14H25N3S/c1-5-6-18-10-14-16-8-12(4)13(17-14)9-15-7-11(2)3/h8,11,15H,5-7,9-10H2,1-4H3. The van der Waals surface area contributed by atoms with Crippen LogP contribution in [0.25, 0.3) is 0 Å². The van der Waals surface area contributed by atoms with Gasteiger partial charge in [-0.1, -0.05) is 20.8 Å². The zero-order chi connectivity index (χ0) is 13.4. The molecule has 0 fully saturated rings. The van der Waals surface area contributed by atoms with Crippen molar-refractivity contribution in [2.45, 2.75) is 46.4 Å². The van der Waals surface area contributed by atoms with E-state index in [1.54, 1.807) is 0 Å². The van der Waals surface area contributed by atoms with Crippen molar-refractivity contribution in [3.05, 3.63) is 23.3 Å². The summed E-state index contributed by atoms with van der Waals surface area (Å²) < 4.78 is 0. The zero-order valence-electron chi connectivity index (χ0n) is 12.0. The summed E-state index contributed by atoms with van der Waals surface area (Å²) in [6.07, 6.45) is 3.15. The van der Waals surface area contributed by atoms with Gasteiger partial charge in [0.2, 0.25) is 0 Å². The number of hydrogen-bond acceptors (Lipinski definition) is 4. The summed E-state index contributed by atoms with van der Waals surface area (Å²) in [5, 5.41) is 3.44. The highest BCUT2D eigenvalue weighted by Crippen LogP contribution is 2.11. The summed E-state index contributed by atoms with van der Waals surface area (Å²) in [6.45, 7) is 10.6. The van der Waals surface area contributed by atoms with Gasteiger partial charge in [0.25, 0.3) is 0 Å². The number of aromatic nitrogens is 2. The molecule has 0 atom stereocenters. The number of aryl methyl sites for hydroxylation is 1. The van der Waals surface area contributed by atoms with E-state index < -0.39 is 0 Å². The Morgan fingerprint density at radius 1 is 1.39 bits per heavy atom. The lowest BCUT2D eigenvalue weighted by Crippen LogP contribution is -2.20. The molecule has 0 bridgehead atoms. The molecule has 1 heterocycles. The minimum absolute atomic E-state index is 0.673. The Balaban J connectivity index is 2.52. The fourth-order valence-corrected chi connectivity index (χ4v) is 2.31. The van der Waals surface area contributed by atoms with Crippen LogP contribution in [0.15, 0.2) is 6.20 Å². The number of hydrogen-bond donors (Lipinski definition) is 1. The lowest BCUT2D eigenvalue weighted by Gasteiger charge is -2.10. The van der Waals surface area contributed by atoms with Crippen LogP contribution in [0.5, 0.6) is 0 Å². The maximum absolute atomic E-state index is 4.65. The Bertz CT molecular complexity index is 353. The van der Waals surface area contributed by atoms with Crippen molar-refractivity contribution >= 4 is 11.8 Å². The predicted octanol–water partition coefficient (Wildman–Crippen LogP) is 3.17. The molecule has 0 aliphatic rings. The summed E-state index contributed by atoms with van der Waals surface area (Å²) in [7, 11) is 0. The molecule has 0 saturated heterocycles. The highest BCUT2D eigenvalue weighted by molar-refractivity contribution is 7.98. The SMILES string of the molecule is CCCSCc1ncc(C)c(CNCC(C)C)n1. The first kappa shape index (κ1) is 15.4. The summed E-state index contributed by atoms with van der Waals surface area (Å²) in [5.74, 6) is 3.73. The van der Waals surface area contributed by atoms with Crippen molar-refractivity contribution in [3.63, 3.8) is 0 Å². The molecule has 102 valence electrons. The van der Waals surface area contributed by atoms with E-state index in [1.165, 1.54) is 17.7 Å². The smallest absolute Gasteiger partial charge is 0.138 e. The van der Waals surface area contributed by atoms with Crippen LogP contribution in [-0.4, -0.2) is 22.3 Å². The van der Waals surface area contributed by atoms with Crippen LogP contribution in [0.3, 0.4) is 0 Å². The summed E-state index contributed by atoms with van der Waals surface area (Å²) >= 11 is 1.90. The second-order valence-corrected chi connectivity index (χ2v) is 6.10. The molecule has 0 amide bonds. The van der Waals surface area contributed by atoms with Crippen LogP contribution >= 0.6 is 11.8 Å². The van der Waals surface area contributed by atoms with E-state index in [0.29, 0.717) is 5.92 Å². The average Bonchev–Trinajstić information content (AvgIpc) is 2.33. The van der Waals surface area contributed by atoms with Crippen LogP contribution in [0, 0.1) is 12.8 Å². The molecule has 0 aromatic carbocycles. The van der Waals surface area contributed by atoms with E-state index in [4.69, 9.17) is 0 Å². The average molecular weight is 267 g/mol. The molecule has 4 heteroatoms. The Hall–Kier alpha value is -0.610. The van der Waals surface area contributed by atoms with Gasteiger partial charge in [-0.15, -0.1) is 0 Å². The van der Waals surface area contributed by atoms with Crippen LogP contribution in [-0.2, 0) is 12.3 Å². The van der Waals surface area contributed by atoms with Gasteiger partial charge in [-0.2, -0.15) is 11.8 Å². The van der Waals surface area contributed by atoms with Gasteiger partial charge < -0.3 is 5.32 Å². The van der Waals surface area contributed by atoms with Crippen molar-refractivity contribution in [3.8, 4) is 0 Å². The van der Waals surface area contributed by atoms with Crippen LogP contribution < -0.4 is 5.32 Å². The van der Waals surface area contributed by atoms with Crippen molar-refractivity contribution in [1.82, 2.24) is 15.3 Å². The molecule has 0 saturated carbocycles. The third-order valence-corrected chi connectivity index (χ3v) is 3.71. The maximum atomic E-state index is 4.65. The van der Waals surface area contributed by atoms with Crippen LogP contribution in [0.4, 0.5) is 0 Å². The largest absolute Gasteiger partial charge is 0.311 e. The molecule has 1 aromatic rings. The second-order valence-electron chi connectivity index (χ2n) is 4.99. The van der Waals surface area contributed by atoms with Gasteiger partial charge in [-0.05, 0) is 37.1 Å². The summed E-state index contributed by atoms with van der Waals surface area (Å²) in [4.78, 5) is 9.04. The highest BCUT2D eigenvalue weighted by atomic mass is 32.2. The first-order valence-corrected chi connectivity index (χ1v) is 7.88. The molecule has 1 N–H and O–H groups in total. The zero-order valence-corrected chi connectivity index (χ0v) is 12.8. The minimum atomic E-state index is 0.673. The topological polar surface area (TPSA) is 37.8 Å². The molecule has 0 spiro atoms. The number of rotatable bonds is 8. The lowest BCUT2D eigenvalue weighted by molar-refractivity contribution is 0.546. The van der Waals surface area contributed by atoms with Gasteiger partial charge in [-0.25, -0.2) is 9.97 Å². The first-order valence-electron chi connectivity index (χ1n) is 6.73. The Kier molecular flexibility index (Phi) is 7.28. The fraction of sp³-hybridized carbons (Fsp3) is 0.714. The molecule has 3 nitrogen and oxygen atoms in total. The van der Waals surface area contributed by atoms with E-state index in [-0.39, 0.29) is 0 Å². The second kappa shape index (κ2) is 8.48. The number of nitrogens with zero attached hydrogens (tertiary/aromatic N) is 2. The number of nitrogens with one attached hydrogen (secondary N) is 1. The molecule has 0 radical (unpaired) electrons. The lowest BCUT2D eigenvalue weighted by atomic mass is 10.2. The minimum Gasteiger partial charge on any atom is -0.311 e. The first-order chi connectivity index (χ1) is 8.63. The van der Waals surface area contributed by atoms with Crippen molar-refractivity contribution in [1.29, 1.82) is 0 Å². The molecule has 0 unspecified atom stereocenters. The molecule has 1 rings (SSSR count). The van der Waals surface area contributed by atoms with Gasteiger partial charge >= 0.3 is 0 Å². The van der Waals surface area contributed by atoms with E-state index in [1.807, 2.05) is 18.0 Å². The van der Waals surface area contributed by atoms with E-state index in [9.17, 15) is 0 Å². The third kappa shape index (κ3) is 5.83. The van der Waals surface area contributed by atoms with Gasteiger partial charge in [0, 0.05) is 12.7 Å². The van der Waals surface area contributed by atoms with Crippen LogP contribution in [0.2, 0.25) is 0 Å². The van der Waals surface area contributed by atoms with Gasteiger partial charge in [-0.3, -0.25) is 0 Å². The molecular weight excluding hydrogens is 242 g/mol. The highest BCUT2D eigenvalue weighted by Gasteiger charge is 2.04. The van der Waals surface area contributed by atoms with Crippen molar-refractivity contribution < 1.29 is 0 Å². The molecule has 0 aliphatic carbocycles. The fourth-order valence-electron chi connectivity index (χ4n) is 1.55. The molecule has 18 heavy (non-hydrogen) atoms. The summed E-state index contributed by atoms with van der Waals surface area (Å²) in [5.41, 5.74) is 2.31. The monoisotopic (exact) mass is 267 g/mol. The third-order valence-electron chi connectivity index (χ3n) is 2.55. The Morgan fingerprint density at radius 2 is 2.17 bits per heavy atom. The molecule has 0 aliphatic heterocycles. The Labute approximate surface area is 115 Å². The van der Waals surface area contributed by atoms with Crippen molar-refractivity contribution in [2.75, 3.05) is 12.3 Å². The molecular formula is C14H25N3S. The maximum Gasteiger partial charge on any atom is 0.138 e. The van der Waals surface area contributed by atoms with Gasteiger partial charge in [0.05, 0.1) is 11.4 Å². The number of thioether (sulfide) groups is 1. The molecule has 1 aromatic heterocycles. The Morgan fingerprint density at radius 3 is 2.83 bits per heavy atom. The van der Waals surface area contributed by atoms with E-state index in [2.05, 4.69) is 43.0 Å². The van der Waals surface area contributed by atoms with Gasteiger partial charge in [0.1, 0.15) is 5.82 Å². The normalized spacial score (nSPS) is 11.2. The van der Waals surface area contributed by atoms with Gasteiger partial charge in [0.15, 0.2) is 0 Å². The van der Waals surface area contributed by atoms with E-state index in [0.717, 1.165) is 30.4 Å². The predicted molar refractivity (Wildman–Crippen MR) is 79.8 cm³/mol.